The minimum absolute atomic E-state index is 0.0661. The quantitative estimate of drug-likeness (QED) is 0.697. The van der Waals surface area contributed by atoms with Crippen LogP contribution in [0.2, 0.25) is 0 Å². The van der Waals surface area contributed by atoms with Crippen molar-refractivity contribution >= 4 is 27.6 Å². The average Bonchev–Trinajstić information content (AvgIpc) is 2.37. The Balaban J connectivity index is 2.28. The summed E-state index contributed by atoms with van der Waals surface area (Å²) in [5.41, 5.74) is 1.06. The van der Waals surface area contributed by atoms with Gasteiger partial charge in [-0.1, -0.05) is 42.5 Å². The third-order valence-electron chi connectivity index (χ3n) is 3.04. The van der Waals surface area contributed by atoms with Gasteiger partial charge in [-0.15, -0.1) is 6.58 Å². The van der Waals surface area contributed by atoms with Crippen molar-refractivity contribution in [1.29, 1.82) is 0 Å². The lowest BCUT2D eigenvalue weighted by Gasteiger charge is -2.16. The number of benzene rings is 2. The van der Waals surface area contributed by atoms with E-state index in [0.29, 0.717) is 0 Å². The van der Waals surface area contributed by atoms with Crippen molar-refractivity contribution in [1.82, 2.24) is 0 Å². The van der Waals surface area contributed by atoms with Gasteiger partial charge in [0.1, 0.15) is 0 Å². The van der Waals surface area contributed by atoms with Crippen molar-refractivity contribution in [3.8, 4) is 0 Å². The third kappa shape index (κ3) is 1.65. The molecule has 0 saturated heterocycles. The molecule has 1 aliphatic rings. The molecule has 0 radical (unpaired) electrons. The lowest BCUT2D eigenvalue weighted by molar-refractivity contribution is 0.681. The van der Waals surface area contributed by atoms with Crippen LogP contribution >= 0.6 is 0 Å². The predicted octanol–water partition coefficient (Wildman–Crippen LogP) is 3.53. The Kier molecular flexibility index (Phi) is 2.45. The van der Waals surface area contributed by atoms with Crippen molar-refractivity contribution in [2.45, 2.75) is 10.1 Å². The van der Waals surface area contributed by atoms with E-state index in [9.17, 15) is 4.21 Å². The second kappa shape index (κ2) is 3.97. The third-order valence-corrected chi connectivity index (χ3v) is 4.67. The number of hydrogen-bond acceptors (Lipinski definition) is 1. The van der Waals surface area contributed by atoms with Gasteiger partial charge in [-0.2, -0.15) is 0 Å². The first kappa shape index (κ1) is 10.5. The summed E-state index contributed by atoms with van der Waals surface area (Å²) < 4.78 is 12.3. The molecule has 2 aromatic carbocycles. The molecule has 0 N–H and O–H groups in total. The zero-order valence-electron chi connectivity index (χ0n) is 9.30. The maximum atomic E-state index is 12.3. The first-order chi connectivity index (χ1) is 8.29. The maximum Gasteiger partial charge on any atom is 0.0756 e. The molecule has 1 aliphatic heterocycles. The molecular formula is C15H12OS. The molecule has 84 valence electrons. The predicted molar refractivity (Wildman–Crippen MR) is 73.4 cm³/mol. The van der Waals surface area contributed by atoms with E-state index in [0.717, 1.165) is 15.8 Å². The topological polar surface area (TPSA) is 17.1 Å². The van der Waals surface area contributed by atoms with Gasteiger partial charge in [0.15, 0.2) is 0 Å². The number of hydrogen-bond donors (Lipinski definition) is 0. The Morgan fingerprint density at radius 2 is 1.88 bits per heavy atom. The van der Waals surface area contributed by atoms with Crippen LogP contribution in [0, 0.1) is 0 Å². The fourth-order valence-electron chi connectivity index (χ4n) is 2.12. The highest BCUT2D eigenvalue weighted by Gasteiger charge is 2.19. The van der Waals surface area contributed by atoms with E-state index >= 15 is 0 Å². The van der Waals surface area contributed by atoms with E-state index in [-0.39, 0.29) is 5.25 Å². The monoisotopic (exact) mass is 240 g/mol. The summed E-state index contributed by atoms with van der Waals surface area (Å²) in [5.74, 6) is 0. The van der Waals surface area contributed by atoms with Crippen LogP contribution in [-0.2, 0) is 10.8 Å². The summed E-state index contributed by atoms with van der Waals surface area (Å²) in [4.78, 5) is 0.913. The lowest BCUT2D eigenvalue weighted by Crippen LogP contribution is -2.13. The molecule has 0 amide bonds. The summed E-state index contributed by atoms with van der Waals surface area (Å²) in [6, 6.07) is 12.3. The highest BCUT2D eigenvalue weighted by molar-refractivity contribution is 7.86. The minimum Gasteiger partial charge on any atom is -0.253 e. The standard InChI is InChI=1S/C15H12OS/c1-2-14-8-7-13-9-11-5-3-4-6-12(11)10-15(13)17(14)16/h2-10,14H,1H2. The zero-order valence-corrected chi connectivity index (χ0v) is 10.1. The molecule has 1 nitrogen and oxygen atoms in total. The van der Waals surface area contributed by atoms with Gasteiger partial charge in [-0.25, -0.2) is 0 Å². The van der Waals surface area contributed by atoms with E-state index in [1.807, 2.05) is 36.4 Å². The lowest BCUT2D eigenvalue weighted by atomic mass is 10.1. The van der Waals surface area contributed by atoms with E-state index in [2.05, 4.69) is 18.7 Å². The van der Waals surface area contributed by atoms with Gasteiger partial charge in [0, 0.05) is 4.90 Å². The molecule has 2 atom stereocenters. The minimum atomic E-state index is -1.01. The van der Waals surface area contributed by atoms with Gasteiger partial charge in [0.25, 0.3) is 0 Å². The highest BCUT2D eigenvalue weighted by Crippen LogP contribution is 2.29. The molecule has 0 fully saturated rings. The van der Waals surface area contributed by atoms with Gasteiger partial charge in [-0.05, 0) is 28.5 Å². The average molecular weight is 240 g/mol. The molecule has 0 saturated carbocycles. The summed E-state index contributed by atoms with van der Waals surface area (Å²) in [7, 11) is -1.01. The van der Waals surface area contributed by atoms with E-state index in [1.54, 1.807) is 6.08 Å². The normalized spacial score (nSPS) is 22.4. The zero-order chi connectivity index (χ0) is 11.8. The Morgan fingerprint density at radius 3 is 2.59 bits per heavy atom. The highest BCUT2D eigenvalue weighted by atomic mass is 32.2. The van der Waals surface area contributed by atoms with Gasteiger partial charge in [0.2, 0.25) is 0 Å². The molecule has 2 unspecified atom stereocenters. The van der Waals surface area contributed by atoms with Crippen LogP contribution < -0.4 is 0 Å². The van der Waals surface area contributed by atoms with Crippen LogP contribution in [0.25, 0.3) is 16.8 Å². The Hall–Kier alpha value is -1.67. The fourth-order valence-corrected chi connectivity index (χ4v) is 3.42. The second-order valence-corrected chi connectivity index (χ2v) is 5.67. The van der Waals surface area contributed by atoms with Gasteiger partial charge in [-0.3, -0.25) is 4.21 Å². The molecule has 2 aromatic rings. The molecule has 0 spiro atoms. The first-order valence-corrected chi connectivity index (χ1v) is 6.75. The fraction of sp³-hybridized carbons (Fsp3) is 0.0667. The summed E-state index contributed by atoms with van der Waals surface area (Å²) in [6.45, 7) is 3.73. The van der Waals surface area contributed by atoms with Crippen LogP contribution in [0.3, 0.4) is 0 Å². The molecule has 0 aromatic heterocycles. The van der Waals surface area contributed by atoms with Crippen molar-refractivity contribution in [2.24, 2.45) is 0 Å². The SMILES string of the molecule is C=CC1C=Cc2cc3ccccc3cc2S1=O. The van der Waals surface area contributed by atoms with Crippen LogP contribution in [0.5, 0.6) is 0 Å². The van der Waals surface area contributed by atoms with Crippen LogP contribution in [0.1, 0.15) is 5.56 Å². The number of rotatable bonds is 1. The van der Waals surface area contributed by atoms with Crippen molar-refractivity contribution in [3.63, 3.8) is 0 Å². The summed E-state index contributed by atoms with van der Waals surface area (Å²) in [6.07, 6.45) is 5.74. The molecule has 1 heterocycles. The van der Waals surface area contributed by atoms with E-state index < -0.39 is 10.8 Å². The smallest absolute Gasteiger partial charge is 0.0756 e. The number of fused-ring (bicyclic) bond motifs is 2. The Labute approximate surface area is 103 Å². The summed E-state index contributed by atoms with van der Waals surface area (Å²) in [5, 5.41) is 2.26. The molecule has 0 aliphatic carbocycles. The Bertz CT molecular complexity index is 655. The summed E-state index contributed by atoms with van der Waals surface area (Å²) >= 11 is 0. The van der Waals surface area contributed by atoms with Gasteiger partial charge in [0.05, 0.1) is 16.0 Å². The molecule has 0 bridgehead atoms. The molecule has 2 heteroatoms. The maximum absolute atomic E-state index is 12.3. The first-order valence-electron chi connectivity index (χ1n) is 5.54. The molecule has 3 rings (SSSR count). The van der Waals surface area contributed by atoms with E-state index in [1.165, 1.54) is 5.39 Å². The molecule has 17 heavy (non-hydrogen) atoms. The van der Waals surface area contributed by atoms with Gasteiger partial charge >= 0.3 is 0 Å². The van der Waals surface area contributed by atoms with Crippen molar-refractivity contribution < 1.29 is 4.21 Å². The van der Waals surface area contributed by atoms with Gasteiger partial charge < -0.3 is 0 Å². The van der Waals surface area contributed by atoms with Crippen LogP contribution in [0.4, 0.5) is 0 Å². The largest absolute Gasteiger partial charge is 0.253 e. The van der Waals surface area contributed by atoms with Crippen molar-refractivity contribution in [3.05, 3.63) is 60.7 Å². The van der Waals surface area contributed by atoms with Crippen LogP contribution in [0.15, 0.2) is 60.0 Å². The van der Waals surface area contributed by atoms with Crippen molar-refractivity contribution in [2.75, 3.05) is 0 Å². The second-order valence-electron chi connectivity index (χ2n) is 4.09. The molecular weight excluding hydrogens is 228 g/mol. The Morgan fingerprint density at radius 1 is 1.18 bits per heavy atom. The van der Waals surface area contributed by atoms with Crippen LogP contribution in [-0.4, -0.2) is 9.46 Å². The van der Waals surface area contributed by atoms with E-state index in [4.69, 9.17) is 0 Å².